The van der Waals surface area contributed by atoms with E-state index in [2.05, 4.69) is 346 Å². The van der Waals surface area contributed by atoms with Gasteiger partial charge in [-0.05, 0) is 116 Å². The third kappa shape index (κ3) is 8.05. The molecule has 18 rings (SSSR count). The van der Waals surface area contributed by atoms with E-state index in [-0.39, 0.29) is 17.5 Å². The van der Waals surface area contributed by atoms with Crippen LogP contribution in [0.1, 0.15) is 52.7 Å². The first-order valence-corrected chi connectivity index (χ1v) is 32.3. The quantitative estimate of drug-likeness (QED) is 0.161. The Hall–Kier alpha value is -11.1. The van der Waals surface area contributed by atoms with Gasteiger partial charge < -0.3 is 23.7 Å². The van der Waals surface area contributed by atoms with E-state index in [4.69, 9.17) is 4.74 Å². The first kappa shape index (κ1) is 53.9. The lowest BCUT2D eigenvalue weighted by Crippen LogP contribution is -2.62. The minimum absolute atomic E-state index is 0.255. The van der Waals surface area contributed by atoms with E-state index in [1.54, 1.807) is 0 Å². The normalized spacial score (nSPS) is 13.1. The van der Waals surface area contributed by atoms with Gasteiger partial charge in [0, 0.05) is 83.4 Å². The number of rotatable bonds is 5. The Morgan fingerprint density at radius 3 is 1.29 bits per heavy atom. The molecule has 0 atom stereocenters. The molecule has 2 aromatic heterocycles. The lowest BCUT2D eigenvalue weighted by molar-refractivity contribution is 0.486. The van der Waals surface area contributed by atoms with Gasteiger partial charge >= 0.3 is 0 Å². The maximum atomic E-state index is 7.41. The van der Waals surface area contributed by atoms with Crippen LogP contribution in [-0.4, -0.2) is 15.8 Å². The summed E-state index contributed by atoms with van der Waals surface area (Å²) in [6.07, 6.45) is 0. The van der Waals surface area contributed by atoms with Crippen molar-refractivity contribution < 1.29 is 4.74 Å². The lowest BCUT2D eigenvalue weighted by atomic mass is 9.33. The summed E-state index contributed by atoms with van der Waals surface area (Å²) in [5.74, 6) is 1.62. The fourth-order valence-corrected chi connectivity index (χ4v) is 15.6. The Labute approximate surface area is 537 Å². The zero-order chi connectivity index (χ0) is 61.7. The highest BCUT2D eigenvalue weighted by Crippen LogP contribution is 2.57. The monoisotopic (exact) mass is 1180 g/mol. The zero-order valence-electron chi connectivity index (χ0n) is 52.4. The number of benzene rings is 13. The largest absolute Gasteiger partial charge is 0.456 e. The van der Waals surface area contributed by atoms with Gasteiger partial charge in [-0.3, -0.25) is 0 Å². The number of aromatic nitrogens is 2. The van der Waals surface area contributed by atoms with E-state index in [1.807, 2.05) is 0 Å². The molecule has 13 aromatic carbocycles. The smallest absolute Gasteiger partial charge is 0.252 e. The predicted octanol–water partition coefficient (Wildman–Crippen LogP) is 21.3. The first-order valence-electron chi connectivity index (χ1n) is 32.3. The third-order valence-corrected chi connectivity index (χ3v) is 19.7. The highest BCUT2D eigenvalue weighted by molar-refractivity contribution is 7.00. The fraction of sp³-hybridized carbons (Fsp3) is 0.0930. The number of para-hydroxylation sites is 8. The molecule has 0 N–H and O–H groups in total. The van der Waals surface area contributed by atoms with Crippen LogP contribution >= 0.6 is 0 Å². The van der Waals surface area contributed by atoms with Gasteiger partial charge in [0.2, 0.25) is 0 Å². The maximum absolute atomic E-state index is 7.41. The molecule has 0 saturated heterocycles. The summed E-state index contributed by atoms with van der Waals surface area (Å²) in [6.45, 7) is 14.0. The molecule has 92 heavy (non-hydrogen) atoms. The molecule has 6 heteroatoms. The molecule has 5 nitrogen and oxygen atoms in total. The molecule has 0 spiro atoms. The molecule has 3 aliphatic heterocycles. The number of hydrogen-bond donors (Lipinski definition) is 0. The highest BCUT2D eigenvalue weighted by Gasteiger charge is 2.48. The molecular weight excluding hydrogens is 1120 g/mol. The second-order valence-corrected chi connectivity index (χ2v) is 27.2. The number of fused-ring (bicyclic) bond motifs is 16. The van der Waals surface area contributed by atoms with Gasteiger partial charge in [0.1, 0.15) is 11.5 Å². The number of ether oxygens (including phenoxy) is 1. The third-order valence-electron chi connectivity index (χ3n) is 19.7. The topological polar surface area (TPSA) is 25.6 Å². The summed E-state index contributed by atoms with van der Waals surface area (Å²) in [6, 6.07) is 107. The Morgan fingerprint density at radius 1 is 0.304 bits per heavy atom. The molecule has 3 aliphatic rings. The van der Waals surface area contributed by atoms with Crippen molar-refractivity contribution in [3.05, 3.63) is 296 Å². The Morgan fingerprint density at radius 2 is 0.750 bits per heavy atom. The molecule has 0 radical (unpaired) electrons. The maximum Gasteiger partial charge on any atom is 0.252 e. The van der Waals surface area contributed by atoms with Crippen molar-refractivity contribution in [2.45, 2.75) is 52.4 Å². The van der Waals surface area contributed by atoms with Gasteiger partial charge in [-0.1, -0.05) is 260 Å². The van der Waals surface area contributed by atoms with Crippen molar-refractivity contribution in [3.8, 4) is 67.4 Å². The molecule has 5 heterocycles. The van der Waals surface area contributed by atoms with Gasteiger partial charge in [0.25, 0.3) is 6.71 Å². The average Bonchev–Trinajstić information content (AvgIpc) is 0.721. The predicted molar refractivity (Wildman–Crippen MR) is 388 cm³/mol. The van der Waals surface area contributed by atoms with Crippen molar-refractivity contribution in [3.63, 3.8) is 0 Å². The lowest BCUT2D eigenvalue weighted by Gasteiger charge is -2.47. The minimum Gasteiger partial charge on any atom is -0.456 e. The van der Waals surface area contributed by atoms with Crippen LogP contribution in [0.25, 0.3) is 99.5 Å². The number of nitrogens with zero attached hydrogens (tertiary/aromatic N) is 4. The standard InChI is InChI=1S/C86H65BN4O/c1-85(2,3)56-49-68-66-36-18-24-46-80(66)92-79-45-23-17-35-65(79)67-39-26-40-69(86(4,5)6)83(67)91-78-53-58(89-74-43-21-15-33-63(74)64-34-16-22-44-75(64)89)52-77-81(78)87(71(50-56)84(68)91)70-48-47-57(88-72-41-19-13-31-61(72)62-32-14-20-42-73(62)88)51-76(70)90(77)82-59(54-27-9-7-10-28-54)37-25-38-60(82)55-29-11-8-12-30-55/h7-53H,1-6H3. The van der Waals surface area contributed by atoms with Crippen molar-refractivity contribution in [2.24, 2.45) is 0 Å². The molecule has 0 saturated carbocycles. The molecule has 438 valence electrons. The van der Waals surface area contributed by atoms with E-state index in [9.17, 15) is 0 Å². The number of hydrogen-bond acceptors (Lipinski definition) is 3. The molecule has 0 aliphatic carbocycles. The average molecular weight is 1180 g/mol. The van der Waals surface area contributed by atoms with Gasteiger partial charge in [-0.15, -0.1) is 0 Å². The van der Waals surface area contributed by atoms with Crippen LogP contribution in [-0.2, 0) is 10.8 Å². The van der Waals surface area contributed by atoms with Crippen LogP contribution in [0.3, 0.4) is 0 Å². The second-order valence-electron chi connectivity index (χ2n) is 27.2. The van der Waals surface area contributed by atoms with E-state index in [0.29, 0.717) is 0 Å². The van der Waals surface area contributed by atoms with Gasteiger partial charge in [-0.25, -0.2) is 0 Å². The second kappa shape index (κ2) is 20.2. The van der Waals surface area contributed by atoms with E-state index in [1.165, 1.54) is 49.1 Å². The SMILES string of the molecule is CC(C)(C)c1cc2c3c(c1)-c1ccccc1Oc1ccccc1-c1cccc(C(C)(C)C)c1N3c1cc(-n3c4ccccc4c4ccccc43)cc3c1B2c1ccc(-n2c4ccccc4c4ccccc42)cc1N3c1c(-c2ccccc2)cccc1-c1ccccc1. The molecule has 15 aromatic rings. The summed E-state index contributed by atoms with van der Waals surface area (Å²) in [5, 5.41) is 4.87. The Kier molecular flexibility index (Phi) is 11.8. The van der Waals surface area contributed by atoms with Crippen LogP contribution in [0.15, 0.2) is 285 Å². The summed E-state index contributed by atoms with van der Waals surface area (Å²) in [5.41, 5.74) is 28.0. The van der Waals surface area contributed by atoms with Crippen molar-refractivity contribution >= 4 is 101 Å². The summed E-state index contributed by atoms with van der Waals surface area (Å²) in [7, 11) is 0. The summed E-state index contributed by atoms with van der Waals surface area (Å²) < 4.78 is 12.4. The molecular formula is C86H65BN4O. The Bertz CT molecular complexity index is 5380. The molecule has 0 amide bonds. The van der Waals surface area contributed by atoms with E-state index < -0.39 is 0 Å². The zero-order valence-corrected chi connectivity index (χ0v) is 52.4. The van der Waals surface area contributed by atoms with Gasteiger partial charge in [0.15, 0.2) is 0 Å². The summed E-state index contributed by atoms with van der Waals surface area (Å²) >= 11 is 0. The highest BCUT2D eigenvalue weighted by atomic mass is 16.5. The van der Waals surface area contributed by atoms with Gasteiger partial charge in [0.05, 0.1) is 39.1 Å². The fourth-order valence-electron chi connectivity index (χ4n) is 15.6. The molecule has 0 unspecified atom stereocenters. The molecule has 0 fully saturated rings. The minimum atomic E-state index is -0.322. The van der Waals surface area contributed by atoms with Crippen LogP contribution in [0, 0.1) is 0 Å². The van der Waals surface area contributed by atoms with Gasteiger partial charge in [-0.2, -0.15) is 0 Å². The molecule has 0 bridgehead atoms. The van der Waals surface area contributed by atoms with Crippen LogP contribution in [0.4, 0.5) is 34.1 Å². The summed E-state index contributed by atoms with van der Waals surface area (Å²) in [4.78, 5) is 5.43. The van der Waals surface area contributed by atoms with Crippen molar-refractivity contribution in [1.29, 1.82) is 0 Å². The number of anilines is 6. The van der Waals surface area contributed by atoms with E-state index in [0.717, 1.165) is 124 Å². The van der Waals surface area contributed by atoms with Crippen LogP contribution in [0.5, 0.6) is 11.5 Å². The van der Waals surface area contributed by atoms with E-state index >= 15 is 0 Å². The van der Waals surface area contributed by atoms with Crippen LogP contribution in [0.2, 0.25) is 0 Å². The van der Waals surface area contributed by atoms with Crippen molar-refractivity contribution in [2.75, 3.05) is 9.80 Å². The van der Waals surface area contributed by atoms with Crippen LogP contribution < -0.4 is 30.9 Å². The Balaban J connectivity index is 1.08. The van der Waals surface area contributed by atoms with Crippen molar-refractivity contribution in [1.82, 2.24) is 9.13 Å². The first-order chi connectivity index (χ1) is 45.0.